The van der Waals surface area contributed by atoms with Gasteiger partial charge in [-0.15, -0.1) is 0 Å². The number of carbonyl (C=O) groups excluding carboxylic acids is 1. The second-order valence-corrected chi connectivity index (χ2v) is 5.99. The van der Waals surface area contributed by atoms with Crippen molar-refractivity contribution in [3.63, 3.8) is 0 Å². The minimum atomic E-state index is 0.253. The van der Waals surface area contributed by atoms with Gasteiger partial charge in [0.05, 0.1) is 0 Å². The van der Waals surface area contributed by atoms with Crippen molar-refractivity contribution in [3.05, 3.63) is 28.8 Å². The van der Waals surface area contributed by atoms with Gasteiger partial charge < -0.3 is 9.80 Å². The number of rotatable bonds is 3. The Bertz CT molecular complexity index is 479. The number of piperazine rings is 1. The summed E-state index contributed by atoms with van der Waals surface area (Å²) in [6.07, 6.45) is 0.596. The number of carbonyl (C=O) groups is 1. The highest BCUT2D eigenvalue weighted by Crippen LogP contribution is 2.29. The Kier molecular flexibility index (Phi) is 4.92. The predicted octanol–water partition coefficient (Wildman–Crippen LogP) is 3.52. The van der Waals surface area contributed by atoms with Crippen LogP contribution in [0.3, 0.4) is 0 Å². The highest BCUT2D eigenvalue weighted by atomic mass is 35.5. The third-order valence-corrected chi connectivity index (χ3v) is 4.25. The molecule has 1 saturated heterocycles. The SMILES string of the molecule is CCC(=O)N1CCN(c2ccc(Cl)c(C(C)C)c2)CC1. The highest BCUT2D eigenvalue weighted by molar-refractivity contribution is 6.31. The summed E-state index contributed by atoms with van der Waals surface area (Å²) in [5, 5.41) is 0.837. The maximum atomic E-state index is 11.7. The van der Waals surface area contributed by atoms with E-state index in [0.717, 1.165) is 31.2 Å². The first kappa shape index (κ1) is 15.2. The lowest BCUT2D eigenvalue weighted by molar-refractivity contribution is -0.131. The maximum absolute atomic E-state index is 11.7. The number of hydrogen-bond donors (Lipinski definition) is 0. The minimum Gasteiger partial charge on any atom is -0.368 e. The van der Waals surface area contributed by atoms with Crippen molar-refractivity contribution in [2.75, 3.05) is 31.1 Å². The highest BCUT2D eigenvalue weighted by Gasteiger charge is 2.20. The Labute approximate surface area is 126 Å². The molecule has 0 atom stereocenters. The van der Waals surface area contributed by atoms with E-state index in [1.54, 1.807) is 0 Å². The molecular formula is C16H23ClN2O. The summed E-state index contributed by atoms with van der Waals surface area (Å²) >= 11 is 6.24. The van der Waals surface area contributed by atoms with E-state index >= 15 is 0 Å². The molecule has 0 aromatic heterocycles. The van der Waals surface area contributed by atoms with Gasteiger partial charge in [-0.1, -0.05) is 32.4 Å². The van der Waals surface area contributed by atoms with Crippen LogP contribution in [-0.4, -0.2) is 37.0 Å². The fraction of sp³-hybridized carbons (Fsp3) is 0.562. The Morgan fingerprint density at radius 3 is 2.45 bits per heavy atom. The Hall–Kier alpha value is -1.22. The molecule has 1 aromatic rings. The van der Waals surface area contributed by atoms with Gasteiger partial charge in [0.25, 0.3) is 0 Å². The average Bonchev–Trinajstić information content (AvgIpc) is 2.47. The first-order valence-electron chi connectivity index (χ1n) is 7.35. The summed E-state index contributed by atoms with van der Waals surface area (Å²) in [6, 6.07) is 6.24. The smallest absolute Gasteiger partial charge is 0.222 e. The van der Waals surface area contributed by atoms with Crippen molar-refractivity contribution in [3.8, 4) is 0 Å². The second kappa shape index (κ2) is 6.49. The van der Waals surface area contributed by atoms with Gasteiger partial charge in [0.2, 0.25) is 5.91 Å². The first-order chi connectivity index (χ1) is 9.52. The van der Waals surface area contributed by atoms with E-state index < -0.39 is 0 Å². The van der Waals surface area contributed by atoms with E-state index in [4.69, 9.17) is 11.6 Å². The molecule has 0 radical (unpaired) electrons. The van der Waals surface area contributed by atoms with Crippen LogP contribution in [0.4, 0.5) is 5.69 Å². The van der Waals surface area contributed by atoms with Gasteiger partial charge in [-0.05, 0) is 29.7 Å². The third kappa shape index (κ3) is 3.26. The summed E-state index contributed by atoms with van der Waals surface area (Å²) in [4.78, 5) is 16.0. The van der Waals surface area contributed by atoms with Crippen LogP contribution in [0.5, 0.6) is 0 Å². The molecule has 3 nitrogen and oxygen atoms in total. The number of nitrogens with zero attached hydrogens (tertiary/aromatic N) is 2. The van der Waals surface area contributed by atoms with Gasteiger partial charge >= 0.3 is 0 Å². The van der Waals surface area contributed by atoms with Crippen molar-refractivity contribution < 1.29 is 4.79 Å². The largest absolute Gasteiger partial charge is 0.368 e. The molecule has 0 bridgehead atoms. The molecule has 0 aliphatic carbocycles. The van der Waals surface area contributed by atoms with E-state index in [1.807, 2.05) is 17.9 Å². The van der Waals surface area contributed by atoms with E-state index in [-0.39, 0.29) is 5.91 Å². The lowest BCUT2D eigenvalue weighted by Crippen LogP contribution is -2.48. The Morgan fingerprint density at radius 2 is 1.90 bits per heavy atom. The van der Waals surface area contributed by atoms with Gasteiger partial charge in [-0.3, -0.25) is 4.79 Å². The van der Waals surface area contributed by atoms with E-state index in [1.165, 1.54) is 11.3 Å². The summed E-state index contributed by atoms with van der Waals surface area (Å²) in [7, 11) is 0. The van der Waals surface area contributed by atoms with Gasteiger partial charge in [0.15, 0.2) is 0 Å². The van der Waals surface area contributed by atoms with Crippen LogP contribution in [-0.2, 0) is 4.79 Å². The predicted molar refractivity (Wildman–Crippen MR) is 84.6 cm³/mol. The first-order valence-corrected chi connectivity index (χ1v) is 7.73. The molecule has 2 rings (SSSR count). The van der Waals surface area contributed by atoms with E-state index in [9.17, 15) is 4.79 Å². The normalized spacial score (nSPS) is 15.8. The van der Waals surface area contributed by atoms with Crippen LogP contribution in [0.25, 0.3) is 0 Å². The fourth-order valence-corrected chi connectivity index (χ4v) is 2.94. The molecule has 0 unspecified atom stereocenters. The quantitative estimate of drug-likeness (QED) is 0.851. The molecule has 1 aliphatic rings. The van der Waals surface area contributed by atoms with Gasteiger partial charge in [0, 0.05) is 43.3 Å². The van der Waals surface area contributed by atoms with Crippen LogP contribution in [0, 0.1) is 0 Å². The zero-order chi connectivity index (χ0) is 14.7. The van der Waals surface area contributed by atoms with Crippen molar-refractivity contribution in [2.45, 2.75) is 33.1 Å². The summed E-state index contributed by atoms with van der Waals surface area (Å²) in [6.45, 7) is 9.64. The molecule has 20 heavy (non-hydrogen) atoms. The molecule has 0 N–H and O–H groups in total. The molecule has 1 aliphatic heterocycles. The second-order valence-electron chi connectivity index (χ2n) is 5.58. The number of amides is 1. The number of anilines is 1. The zero-order valence-electron chi connectivity index (χ0n) is 12.5. The van der Waals surface area contributed by atoms with Crippen molar-refractivity contribution in [1.29, 1.82) is 0 Å². The van der Waals surface area contributed by atoms with E-state index in [2.05, 4.69) is 30.9 Å². The molecule has 110 valence electrons. The molecule has 1 amide bonds. The topological polar surface area (TPSA) is 23.6 Å². The number of hydrogen-bond acceptors (Lipinski definition) is 2. The summed E-state index contributed by atoms with van der Waals surface area (Å²) in [5.41, 5.74) is 2.40. The number of halogens is 1. The van der Waals surface area contributed by atoms with Crippen LogP contribution in [0.2, 0.25) is 5.02 Å². The van der Waals surface area contributed by atoms with Gasteiger partial charge in [-0.2, -0.15) is 0 Å². The Balaban J connectivity index is 2.07. The zero-order valence-corrected chi connectivity index (χ0v) is 13.3. The maximum Gasteiger partial charge on any atom is 0.222 e. The standard InChI is InChI=1S/C16H23ClN2O/c1-4-16(20)19-9-7-18(8-10-19)13-5-6-15(17)14(11-13)12(2)3/h5-6,11-12H,4,7-10H2,1-3H3. The van der Waals surface area contributed by atoms with Crippen LogP contribution < -0.4 is 4.90 Å². The average molecular weight is 295 g/mol. The monoisotopic (exact) mass is 294 g/mol. The Morgan fingerprint density at radius 1 is 1.25 bits per heavy atom. The lowest BCUT2D eigenvalue weighted by atomic mass is 10.0. The minimum absolute atomic E-state index is 0.253. The fourth-order valence-electron chi connectivity index (χ4n) is 2.61. The van der Waals surface area contributed by atoms with Gasteiger partial charge in [-0.25, -0.2) is 0 Å². The van der Waals surface area contributed by atoms with Crippen LogP contribution in [0.1, 0.15) is 38.7 Å². The lowest BCUT2D eigenvalue weighted by Gasteiger charge is -2.36. The molecular weight excluding hydrogens is 272 g/mol. The summed E-state index contributed by atoms with van der Waals surface area (Å²) < 4.78 is 0. The molecule has 1 aromatic carbocycles. The van der Waals surface area contributed by atoms with Crippen molar-refractivity contribution in [2.24, 2.45) is 0 Å². The number of benzene rings is 1. The molecule has 1 fully saturated rings. The summed E-state index contributed by atoms with van der Waals surface area (Å²) in [5.74, 6) is 0.675. The van der Waals surface area contributed by atoms with Crippen molar-refractivity contribution in [1.82, 2.24) is 4.90 Å². The van der Waals surface area contributed by atoms with Crippen LogP contribution in [0.15, 0.2) is 18.2 Å². The molecule has 0 saturated carbocycles. The van der Waals surface area contributed by atoms with Crippen molar-refractivity contribution >= 4 is 23.2 Å². The molecule has 0 spiro atoms. The third-order valence-electron chi connectivity index (χ3n) is 3.90. The van der Waals surface area contributed by atoms with Gasteiger partial charge in [0.1, 0.15) is 0 Å². The van der Waals surface area contributed by atoms with E-state index in [0.29, 0.717) is 12.3 Å². The molecule has 1 heterocycles. The van der Waals surface area contributed by atoms with Crippen LogP contribution >= 0.6 is 11.6 Å². The molecule has 4 heteroatoms.